The zero-order valence-corrected chi connectivity index (χ0v) is 16.4. The molecule has 0 radical (unpaired) electrons. The Bertz CT molecular complexity index is 1120. The fourth-order valence-corrected chi connectivity index (χ4v) is 5.70. The molecule has 29 heavy (non-hydrogen) atoms. The van der Waals surface area contributed by atoms with E-state index in [1.807, 2.05) is 60.7 Å². The van der Waals surface area contributed by atoms with Gasteiger partial charge in [0.2, 0.25) is 10.0 Å². The maximum atomic E-state index is 13.2. The Morgan fingerprint density at radius 2 is 1.41 bits per heavy atom. The molecule has 0 amide bonds. The quantitative estimate of drug-likeness (QED) is 0.707. The highest BCUT2D eigenvalue weighted by atomic mass is 32.2. The standard InChI is InChI=1S/C23H20N2O3S/c24-15-21-23(19-9-5-2-6-10-19)22(16-26)25(21)29(27,28)20-13-11-18(12-14-20)17-7-3-1-4-8-17/h1-14,21-23,26H,16H2/t21-,22+,23-/m0/s1. The van der Waals surface area contributed by atoms with Gasteiger partial charge in [0.1, 0.15) is 6.04 Å². The number of nitriles is 1. The van der Waals surface area contributed by atoms with Gasteiger partial charge in [-0.05, 0) is 28.8 Å². The van der Waals surface area contributed by atoms with Gasteiger partial charge in [0.15, 0.2) is 0 Å². The van der Waals surface area contributed by atoms with Gasteiger partial charge in [-0.25, -0.2) is 8.42 Å². The van der Waals surface area contributed by atoms with Crippen molar-refractivity contribution in [2.45, 2.75) is 22.9 Å². The van der Waals surface area contributed by atoms with Crippen LogP contribution in [0.1, 0.15) is 11.5 Å². The summed E-state index contributed by atoms with van der Waals surface area (Å²) in [4.78, 5) is 0.113. The van der Waals surface area contributed by atoms with Crippen molar-refractivity contribution >= 4 is 10.0 Å². The van der Waals surface area contributed by atoms with Gasteiger partial charge in [-0.3, -0.25) is 0 Å². The molecule has 6 heteroatoms. The van der Waals surface area contributed by atoms with Crippen molar-refractivity contribution in [2.24, 2.45) is 0 Å². The third-order valence-electron chi connectivity index (χ3n) is 5.40. The molecular weight excluding hydrogens is 384 g/mol. The van der Waals surface area contributed by atoms with Gasteiger partial charge in [-0.2, -0.15) is 9.57 Å². The maximum absolute atomic E-state index is 13.2. The lowest BCUT2D eigenvalue weighted by atomic mass is 9.78. The van der Waals surface area contributed by atoms with Gasteiger partial charge in [0.25, 0.3) is 0 Å². The van der Waals surface area contributed by atoms with Crippen molar-refractivity contribution in [2.75, 3.05) is 6.61 Å². The average molecular weight is 404 g/mol. The molecule has 0 aliphatic carbocycles. The fraction of sp³-hybridized carbons (Fsp3) is 0.174. The predicted octanol–water partition coefficient (Wildman–Crippen LogP) is 3.39. The van der Waals surface area contributed by atoms with E-state index in [9.17, 15) is 18.8 Å². The highest BCUT2D eigenvalue weighted by Gasteiger charge is 2.55. The van der Waals surface area contributed by atoms with E-state index >= 15 is 0 Å². The molecule has 1 aliphatic heterocycles. The Labute approximate surface area is 170 Å². The van der Waals surface area contributed by atoms with E-state index in [0.29, 0.717) is 0 Å². The van der Waals surface area contributed by atoms with E-state index in [1.165, 1.54) is 0 Å². The van der Waals surface area contributed by atoms with E-state index in [2.05, 4.69) is 6.07 Å². The summed E-state index contributed by atoms with van der Waals surface area (Å²) in [5, 5.41) is 19.6. The van der Waals surface area contributed by atoms with Crippen molar-refractivity contribution in [1.29, 1.82) is 5.26 Å². The zero-order valence-electron chi connectivity index (χ0n) is 15.6. The van der Waals surface area contributed by atoms with Crippen molar-refractivity contribution in [3.05, 3.63) is 90.5 Å². The van der Waals surface area contributed by atoms with Crippen molar-refractivity contribution in [3.8, 4) is 17.2 Å². The minimum Gasteiger partial charge on any atom is -0.395 e. The summed E-state index contributed by atoms with van der Waals surface area (Å²) >= 11 is 0. The zero-order chi connectivity index (χ0) is 20.4. The molecule has 1 saturated heterocycles. The van der Waals surface area contributed by atoms with Gasteiger partial charge in [-0.15, -0.1) is 0 Å². The Morgan fingerprint density at radius 1 is 0.862 bits per heavy atom. The van der Waals surface area contributed by atoms with E-state index in [-0.39, 0.29) is 17.4 Å². The molecule has 146 valence electrons. The highest BCUT2D eigenvalue weighted by Crippen LogP contribution is 2.43. The first-order valence-electron chi connectivity index (χ1n) is 9.32. The third kappa shape index (κ3) is 3.34. The Balaban J connectivity index is 1.65. The van der Waals surface area contributed by atoms with Gasteiger partial charge in [0.05, 0.1) is 23.6 Å². The van der Waals surface area contributed by atoms with Crippen LogP contribution >= 0.6 is 0 Å². The molecule has 3 atom stereocenters. The van der Waals surface area contributed by atoms with Crippen LogP contribution in [0.5, 0.6) is 0 Å². The molecule has 3 aromatic rings. The first-order valence-corrected chi connectivity index (χ1v) is 10.8. The molecule has 3 aromatic carbocycles. The summed E-state index contributed by atoms with van der Waals surface area (Å²) in [5.74, 6) is -0.357. The minimum atomic E-state index is -3.91. The lowest BCUT2D eigenvalue weighted by Gasteiger charge is -2.50. The van der Waals surface area contributed by atoms with Gasteiger partial charge < -0.3 is 5.11 Å². The van der Waals surface area contributed by atoms with Crippen LogP contribution in [-0.2, 0) is 10.0 Å². The van der Waals surface area contributed by atoms with Crippen LogP contribution in [-0.4, -0.2) is 36.5 Å². The van der Waals surface area contributed by atoms with E-state index in [0.717, 1.165) is 21.0 Å². The minimum absolute atomic E-state index is 0.113. The molecule has 0 unspecified atom stereocenters. The van der Waals surface area contributed by atoms with Crippen LogP contribution in [0.15, 0.2) is 89.8 Å². The topological polar surface area (TPSA) is 81.4 Å². The number of nitrogens with zero attached hydrogens (tertiary/aromatic N) is 2. The van der Waals surface area contributed by atoms with E-state index < -0.39 is 22.1 Å². The number of hydrogen-bond acceptors (Lipinski definition) is 4. The Kier molecular flexibility index (Phi) is 5.20. The van der Waals surface area contributed by atoms with Crippen LogP contribution in [0, 0.1) is 11.3 Å². The van der Waals surface area contributed by atoms with Crippen molar-refractivity contribution in [1.82, 2.24) is 4.31 Å². The lowest BCUT2D eigenvalue weighted by Crippen LogP contribution is -2.64. The molecule has 0 bridgehead atoms. The Morgan fingerprint density at radius 3 is 1.97 bits per heavy atom. The Hall–Kier alpha value is -2.98. The largest absolute Gasteiger partial charge is 0.395 e. The fourth-order valence-electron chi connectivity index (χ4n) is 3.94. The maximum Gasteiger partial charge on any atom is 0.244 e. The second kappa shape index (κ2) is 7.80. The van der Waals surface area contributed by atoms with Gasteiger partial charge in [0, 0.05) is 5.92 Å². The second-order valence-corrected chi connectivity index (χ2v) is 8.83. The van der Waals surface area contributed by atoms with Crippen LogP contribution in [0.25, 0.3) is 11.1 Å². The molecule has 1 aliphatic rings. The number of sulfonamides is 1. The summed E-state index contributed by atoms with van der Waals surface area (Å²) < 4.78 is 27.6. The SMILES string of the molecule is N#C[C@H]1[C@H](c2ccccc2)[C@@H](CO)N1S(=O)(=O)c1ccc(-c2ccccc2)cc1. The molecular formula is C23H20N2O3S. The average Bonchev–Trinajstić information content (AvgIpc) is 2.75. The number of aliphatic hydroxyl groups is 1. The predicted molar refractivity (Wildman–Crippen MR) is 110 cm³/mol. The lowest BCUT2D eigenvalue weighted by molar-refractivity contribution is 0.0557. The highest BCUT2D eigenvalue weighted by molar-refractivity contribution is 7.89. The summed E-state index contributed by atoms with van der Waals surface area (Å²) in [6.07, 6.45) is 0. The van der Waals surface area contributed by atoms with E-state index in [4.69, 9.17) is 0 Å². The summed E-state index contributed by atoms with van der Waals surface area (Å²) in [5.41, 5.74) is 2.75. The molecule has 5 nitrogen and oxygen atoms in total. The van der Waals surface area contributed by atoms with Crippen LogP contribution in [0.2, 0.25) is 0 Å². The third-order valence-corrected chi connectivity index (χ3v) is 7.32. The first kappa shape index (κ1) is 19.3. The molecule has 1 fully saturated rings. The summed E-state index contributed by atoms with van der Waals surface area (Å²) in [6.45, 7) is -0.348. The normalized spacial score (nSPS) is 21.9. The van der Waals surface area contributed by atoms with Crippen molar-refractivity contribution < 1.29 is 13.5 Å². The molecule has 0 aromatic heterocycles. The van der Waals surface area contributed by atoms with Gasteiger partial charge in [-0.1, -0.05) is 72.8 Å². The number of aliphatic hydroxyl groups excluding tert-OH is 1. The van der Waals surface area contributed by atoms with E-state index in [1.54, 1.807) is 24.3 Å². The number of hydrogen-bond donors (Lipinski definition) is 1. The smallest absolute Gasteiger partial charge is 0.244 e. The van der Waals surface area contributed by atoms with Crippen LogP contribution < -0.4 is 0 Å². The molecule has 1 heterocycles. The first-order chi connectivity index (χ1) is 14.1. The molecule has 0 saturated carbocycles. The second-order valence-electron chi connectivity index (χ2n) is 6.99. The summed E-state index contributed by atoms with van der Waals surface area (Å²) in [7, 11) is -3.91. The molecule has 0 spiro atoms. The monoisotopic (exact) mass is 404 g/mol. The van der Waals surface area contributed by atoms with Gasteiger partial charge >= 0.3 is 0 Å². The van der Waals surface area contributed by atoms with Crippen molar-refractivity contribution in [3.63, 3.8) is 0 Å². The molecule has 4 rings (SSSR count). The van der Waals surface area contributed by atoms with Crippen LogP contribution in [0.4, 0.5) is 0 Å². The van der Waals surface area contributed by atoms with Crippen LogP contribution in [0.3, 0.4) is 0 Å². The number of rotatable bonds is 5. The summed E-state index contributed by atoms with van der Waals surface area (Å²) in [6, 6.07) is 26.2. The number of benzene rings is 3. The molecule has 1 N–H and O–H groups in total.